The maximum absolute atomic E-state index is 12.8. The van der Waals surface area contributed by atoms with Gasteiger partial charge in [-0.15, -0.1) is 0 Å². The van der Waals surface area contributed by atoms with Gasteiger partial charge < -0.3 is 4.74 Å². The maximum Gasteiger partial charge on any atom is 0.434 e. The zero-order valence-electron chi connectivity index (χ0n) is 18.2. The molecule has 0 unspecified atom stereocenters. The summed E-state index contributed by atoms with van der Waals surface area (Å²) in [5, 5.41) is 5.91. The van der Waals surface area contributed by atoms with E-state index < -0.39 is 11.7 Å². The second-order valence-corrected chi connectivity index (χ2v) is 8.65. The summed E-state index contributed by atoms with van der Waals surface area (Å²) in [6.07, 6.45) is -0.499. The molecule has 0 heterocycles. The smallest absolute Gasteiger partial charge is 0.434 e. The lowest BCUT2D eigenvalue weighted by Gasteiger charge is -2.27. The highest BCUT2D eigenvalue weighted by Crippen LogP contribution is 2.20. The van der Waals surface area contributed by atoms with Crippen molar-refractivity contribution in [2.45, 2.75) is 39.5 Å². The number of amides is 1. The number of hydrogen-bond donors (Lipinski definition) is 0. The minimum atomic E-state index is -0.606. The van der Waals surface area contributed by atoms with Gasteiger partial charge in [-0.05, 0) is 65.6 Å². The number of ether oxygens (including phenoxy) is 1. The van der Waals surface area contributed by atoms with Crippen LogP contribution in [0.5, 0.6) is 0 Å². The first kappa shape index (κ1) is 20.9. The molecule has 0 aromatic heterocycles. The van der Waals surface area contributed by atoms with Crippen molar-refractivity contribution in [2.24, 2.45) is 0 Å². The van der Waals surface area contributed by atoms with Gasteiger partial charge in [0.1, 0.15) is 12.2 Å². The van der Waals surface area contributed by atoms with E-state index in [2.05, 4.69) is 48.5 Å². The third kappa shape index (κ3) is 5.41. The minimum absolute atomic E-state index is 0.275. The molecule has 0 bridgehead atoms. The first-order valence-corrected chi connectivity index (χ1v) is 10.5. The molecule has 0 aliphatic heterocycles. The van der Waals surface area contributed by atoms with Gasteiger partial charge in [0.25, 0.3) is 0 Å². The first-order chi connectivity index (χ1) is 14.9. The Balaban J connectivity index is 1.54. The molecule has 4 heteroatoms. The molecule has 1 amide bonds. The number of nitrogens with zero attached hydrogens (tertiary/aromatic N) is 1. The van der Waals surface area contributed by atoms with Crippen molar-refractivity contribution in [1.29, 1.82) is 0 Å². The number of benzene rings is 4. The van der Waals surface area contributed by atoms with Gasteiger partial charge in [-0.1, -0.05) is 72.8 Å². The van der Waals surface area contributed by atoms with Crippen LogP contribution in [0.2, 0.25) is 0 Å². The van der Waals surface area contributed by atoms with E-state index in [1.54, 1.807) is 0 Å². The van der Waals surface area contributed by atoms with Crippen molar-refractivity contribution in [3.8, 4) is 0 Å². The Bertz CT molecular complexity index is 1210. The van der Waals surface area contributed by atoms with Crippen LogP contribution in [0.4, 0.5) is 4.79 Å². The van der Waals surface area contributed by atoms with Crippen molar-refractivity contribution in [3.63, 3.8) is 0 Å². The van der Waals surface area contributed by atoms with Gasteiger partial charge >= 0.3 is 6.09 Å². The molecule has 158 valence electrons. The molecule has 0 saturated carbocycles. The van der Waals surface area contributed by atoms with E-state index in [4.69, 9.17) is 9.57 Å². The lowest BCUT2D eigenvalue weighted by Crippen LogP contribution is -2.36. The molecule has 0 atom stereocenters. The van der Waals surface area contributed by atoms with Crippen molar-refractivity contribution < 1.29 is 14.4 Å². The summed E-state index contributed by atoms with van der Waals surface area (Å²) in [7, 11) is 0. The lowest BCUT2D eigenvalue weighted by atomic mass is 10.1. The summed E-state index contributed by atoms with van der Waals surface area (Å²) in [6.45, 7) is 6.12. The van der Waals surface area contributed by atoms with Crippen LogP contribution in [-0.4, -0.2) is 16.8 Å². The molecule has 4 rings (SSSR count). The van der Waals surface area contributed by atoms with Crippen molar-refractivity contribution in [1.82, 2.24) is 5.06 Å². The van der Waals surface area contributed by atoms with Crippen molar-refractivity contribution >= 4 is 27.6 Å². The topological polar surface area (TPSA) is 38.8 Å². The molecule has 4 aromatic rings. The van der Waals surface area contributed by atoms with Gasteiger partial charge in [0, 0.05) is 0 Å². The van der Waals surface area contributed by atoms with Crippen LogP contribution >= 0.6 is 0 Å². The fourth-order valence-corrected chi connectivity index (χ4v) is 3.46. The van der Waals surface area contributed by atoms with E-state index in [1.165, 1.54) is 10.4 Å². The molecule has 0 fully saturated rings. The predicted molar refractivity (Wildman–Crippen MR) is 124 cm³/mol. The monoisotopic (exact) mass is 413 g/mol. The molecule has 0 spiro atoms. The van der Waals surface area contributed by atoms with Crippen LogP contribution in [0, 0.1) is 0 Å². The number of carbonyl (C=O) groups is 1. The summed E-state index contributed by atoms with van der Waals surface area (Å²) in [5.74, 6) is 0. The highest BCUT2D eigenvalue weighted by atomic mass is 16.7. The van der Waals surface area contributed by atoms with Crippen LogP contribution in [-0.2, 0) is 22.7 Å². The molecule has 0 aliphatic carbocycles. The third-order valence-corrected chi connectivity index (χ3v) is 4.94. The van der Waals surface area contributed by atoms with Crippen LogP contribution in [0.15, 0.2) is 84.9 Å². The van der Waals surface area contributed by atoms with Crippen LogP contribution < -0.4 is 0 Å². The Morgan fingerprint density at radius 1 is 0.742 bits per heavy atom. The first-order valence-electron chi connectivity index (χ1n) is 10.5. The molecule has 4 nitrogen and oxygen atoms in total. The van der Waals surface area contributed by atoms with Crippen molar-refractivity contribution in [2.75, 3.05) is 0 Å². The van der Waals surface area contributed by atoms with Gasteiger partial charge in [-0.3, -0.25) is 4.84 Å². The fraction of sp³-hybridized carbons (Fsp3) is 0.222. The molecule has 0 N–H and O–H groups in total. The second kappa shape index (κ2) is 8.78. The van der Waals surface area contributed by atoms with E-state index in [-0.39, 0.29) is 6.61 Å². The Morgan fingerprint density at radius 3 is 1.84 bits per heavy atom. The largest absolute Gasteiger partial charge is 0.442 e. The minimum Gasteiger partial charge on any atom is -0.442 e. The molecule has 0 saturated heterocycles. The normalized spacial score (nSPS) is 11.6. The van der Waals surface area contributed by atoms with Gasteiger partial charge in [-0.2, -0.15) is 5.06 Å². The second-order valence-electron chi connectivity index (χ2n) is 8.65. The van der Waals surface area contributed by atoms with E-state index in [1.807, 2.05) is 57.2 Å². The molecule has 4 aromatic carbocycles. The Hall–Kier alpha value is -3.37. The Labute approximate surface area is 183 Å². The summed E-state index contributed by atoms with van der Waals surface area (Å²) in [6, 6.07) is 28.6. The van der Waals surface area contributed by atoms with E-state index in [9.17, 15) is 4.79 Å². The number of hydrogen-bond acceptors (Lipinski definition) is 3. The predicted octanol–water partition coefficient (Wildman–Crippen LogP) is 6.86. The maximum atomic E-state index is 12.8. The van der Waals surface area contributed by atoms with E-state index in [0.717, 1.165) is 27.3 Å². The standard InChI is InChI=1S/C27H27NO3/c1-27(2,3)31-26(29)28(18-20-12-14-22-8-4-6-10-24(22)16-20)30-19-21-13-15-23-9-5-7-11-25(23)17-21/h4-17H,18-19H2,1-3H3. The lowest BCUT2D eigenvalue weighted by molar-refractivity contribution is -0.162. The average Bonchev–Trinajstić information content (AvgIpc) is 2.75. The summed E-state index contributed by atoms with van der Waals surface area (Å²) in [5.41, 5.74) is 1.36. The van der Waals surface area contributed by atoms with Gasteiger partial charge in [-0.25, -0.2) is 4.79 Å². The quantitative estimate of drug-likeness (QED) is 0.335. The van der Waals surface area contributed by atoms with Gasteiger partial charge in [0.2, 0.25) is 0 Å². The summed E-state index contributed by atoms with van der Waals surface area (Å²) < 4.78 is 5.58. The number of rotatable bonds is 5. The number of carbonyl (C=O) groups excluding carboxylic acids is 1. The SMILES string of the molecule is CC(C)(C)OC(=O)N(Cc1ccc2ccccc2c1)OCc1ccc2ccccc2c1. The fourth-order valence-electron chi connectivity index (χ4n) is 3.46. The van der Waals surface area contributed by atoms with E-state index >= 15 is 0 Å². The molecule has 0 radical (unpaired) electrons. The molecule has 31 heavy (non-hydrogen) atoms. The summed E-state index contributed by atoms with van der Waals surface area (Å²) in [4.78, 5) is 18.8. The highest BCUT2D eigenvalue weighted by molar-refractivity contribution is 5.83. The third-order valence-electron chi connectivity index (χ3n) is 4.94. The molecular weight excluding hydrogens is 386 g/mol. The Kier molecular flexibility index (Phi) is 5.92. The van der Waals surface area contributed by atoms with Crippen LogP contribution in [0.1, 0.15) is 31.9 Å². The van der Waals surface area contributed by atoms with E-state index in [0.29, 0.717) is 6.54 Å². The number of hydroxylamine groups is 2. The number of fused-ring (bicyclic) bond motifs is 2. The highest BCUT2D eigenvalue weighted by Gasteiger charge is 2.23. The Morgan fingerprint density at radius 2 is 1.26 bits per heavy atom. The van der Waals surface area contributed by atoms with Crippen molar-refractivity contribution in [3.05, 3.63) is 96.1 Å². The van der Waals surface area contributed by atoms with Crippen LogP contribution in [0.3, 0.4) is 0 Å². The van der Waals surface area contributed by atoms with Gasteiger partial charge in [0.15, 0.2) is 0 Å². The zero-order valence-corrected chi connectivity index (χ0v) is 18.2. The summed E-state index contributed by atoms with van der Waals surface area (Å²) >= 11 is 0. The average molecular weight is 414 g/mol. The molecule has 0 aliphatic rings. The molecular formula is C27H27NO3. The zero-order chi connectivity index (χ0) is 21.8. The van der Waals surface area contributed by atoms with Crippen LogP contribution in [0.25, 0.3) is 21.5 Å². The van der Waals surface area contributed by atoms with Gasteiger partial charge in [0.05, 0.1) is 6.54 Å².